The number of fused-ring (bicyclic) bond motifs is 1. The molecule has 0 bridgehead atoms. The van der Waals surface area contributed by atoms with E-state index in [2.05, 4.69) is 18.8 Å². The lowest BCUT2D eigenvalue weighted by molar-refractivity contribution is 0.174. The molecule has 0 saturated carbocycles. The molecule has 0 aliphatic carbocycles. The fourth-order valence-electron chi connectivity index (χ4n) is 1.71. The van der Waals surface area contributed by atoms with E-state index < -0.39 is 0 Å². The maximum absolute atomic E-state index is 5.32. The third-order valence-electron chi connectivity index (χ3n) is 2.59. The Kier molecular flexibility index (Phi) is 3.34. The van der Waals surface area contributed by atoms with Crippen molar-refractivity contribution in [2.75, 3.05) is 12.1 Å². The number of ether oxygens (including phenoxy) is 2. The lowest BCUT2D eigenvalue weighted by Gasteiger charge is -2.14. The Morgan fingerprint density at radius 3 is 3.06 bits per heavy atom. The molecule has 2 rings (SSSR count). The fourth-order valence-corrected chi connectivity index (χ4v) is 1.71. The van der Waals surface area contributed by atoms with E-state index in [-0.39, 0.29) is 0 Å². The Balaban J connectivity index is 1.96. The summed E-state index contributed by atoms with van der Waals surface area (Å²) in [7, 11) is 0. The van der Waals surface area contributed by atoms with Gasteiger partial charge >= 0.3 is 0 Å². The first kappa shape index (κ1) is 10.9. The van der Waals surface area contributed by atoms with Crippen LogP contribution in [0.25, 0.3) is 0 Å². The monoisotopic (exact) mass is 219 g/mol. The van der Waals surface area contributed by atoms with E-state index in [1.54, 1.807) is 0 Å². The highest BCUT2D eigenvalue weighted by Gasteiger charge is 2.13. The maximum Gasteiger partial charge on any atom is 0.231 e. The molecule has 0 saturated heterocycles. The normalized spacial score (nSPS) is 14.6. The van der Waals surface area contributed by atoms with Gasteiger partial charge in [-0.1, -0.05) is 6.08 Å². The van der Waals surface area contributed by atoms with Gasteiger partial charge in [-0.15, -0.1) is 6.58 Å². The van der Waals surface area contributed by atoms with Crippen molar-refractivity contribution in [2.45, 2.75) is 25.8 Å². The van der Waals surface area contributed by atoms with Crippen LogP contribution in [-0.4, -0.2) is 12.8 Å². The van der Waals surface area contributed by atoms with Crippen LogP contribution in [0.2, 0.25) is 0 Å². The number of nitrogens with one attached hydrogen (secondary N) is 1. The van der Waals surface area contributed by atoms with Crippen molar-refractivity contribution >= 4 is 5.69 Å². The number of benzene rings is 1. The smallest absolute Gasteiger partial charge is 0.231 e. The predicted molar refractivity (Wildman–Crippen MR) is 65.1 cm³/mol. The van der Waals surface area contributed by atoms with E-state index in [0.717, 1.165) is 30.0 Å². The maximum atomic E-state index is 5.32. The van der Waals surface area contributed by atoms with Gasteiger partial charge in [-0.05, 0) is 31.9 Å². The molecule has 3 nitrogen and oxygen atoms in total. The van der Waals surface area contributed by atoms with Crippen LogP contribution in [0.1, 0.15) is 19.8 Å². The van der Waals surface area contributed by atoms with Crippen LogP contribution in [-0.2, 0) is 0 Å². The van der Waals surface area contributed by atoms with Crippen molar-refractivity contribution in [3.63, 3.8) is 0 Å². The summed E-state index contributed by atoms with van der Waals surface area (Å²) in [6.45, 7) is 6.21. The number of anilines is 1. The van der Waals surface area contributed by atoms with Crippen molar-refractivity contribution in [3.05, 3.63) is 30.9 Å². The van der Waals surface area contributed by atoms with Crippen LogP contribution < -0.4 is 14.8 Å². The van der Waals surface area contributed by atoms with Gasteiger partial charge in [0.05, 0.1) is 0 Å². The minimum absolute atomic E-state index is 0.324. The van der Waals surface area contributed by atoms with Crippen molar-refractivity contribution in [2.24, 2.45) is 0 Å². The zero-order valence-electron chi connectivity index (χ0n) is 9.53. The molecule has 0 spiro atoms. The van der Waals surface area contributed by atoms with Gasteiger partial charge in [0.25, 0.3) is 0 Å². The van der Waals surface area contributed by atoms with E-state index in [1.165, 1.54) is 0 Å². The number of hydrogen-bond donors (Lipinski definition) is 1. The molecule has 1 N–H and O–H groups in total. The molecule has 0 aromatic heterocycles. The lowest BCUT2D eigenvalue weighted by atomic mass is 10.1. The summed E-state index contributed by atoms with van der Waals surface area (Å²) >= 11 is 0. The minimum atomic E-state index is 0.324. The van der Waals surface area contributed by atoms with E-state index >= 15 is 0 Å². The summed E-state index contributed by atoms with van der Waals surface area (Å²) in [5.41, 5.74) is 1.07. The zero-order valence-corrected chi connectivity index (χ0v) is 9.53. The van der Waals surface area contributed by atoms with E-state index in [9.17, 15) is 0 Å². The van der Waals surface area contributed by atoms with Crippen LogP contribution in [0.4, 0.5) is 5.69 Å². The summed E-state index contributed by atoms with van der Waals surface area (Å²) in [5.74, 6) is 1.64. The molecule has 1 aromatic rings. The SMILES string of the molecule is C=CCCC(C)Nc1ccc2c(c1)OCO2. The van der Waals surface area contributed by atoms with Gasteiger partial charge in [0.15, 0.2) is 11.5 Å². The van der Waals surface area contributed by atoms with Gasteiger partial charge < -0.3 is 14.8 Å². The second-order valence-corrected chi connectivity index (χ2v) is 3.98. The summed E-state index contributed by atoms with van der Waals surface area (Å²) in [5, 5.41) is 3.42. The summed E-state index contributed by atoms with van der Waals surface area (Å²) < 4.78 is 10.6. The zero-order chi connectivity index (χ0) is 11.4. The third kappa shape index (κ3) is 2.48. The summed E-state index contributed by atoms with van der Waals surface area (Å²) in [4.78, 5) is 0. The van der Waals surface area contributed by atoms with Crippen LogP contribution in [0.15, 0.2) is 30.9 Å². The molecule has 3 heteroatoms. The van der Waals surface area contributed by atoms with E-state index in [4.69, 9.17) is 9.47 Å². The second-order valence-electron chi connectivity index (χ2n) is 3.98. The Morgan fingerprint density at radius 2 is 2.25 bits per heavy atom. The molecule has 1 atom stereocenters. The first-order valence-corrected chi connectivity index (χ1v) is 5.56. The summed E-state index contributed by atoms with van der Waals surface area (Å²) in [6.07, 6.45) is 4.05. The quantitative estimate of drug-likeness (QED) is 0.771. The molecule has 1 unspecified atom stereocenters. The van der Waals surface area contributed by atoms with Crippen LogP contribution in [0, 0.1) is 0 Å². The molecular weight excluding hydrogens is 202 g/mol. The largest absolute Gasteiger partial charge is 0.454 e. The van der Waals surface area contributed by atoms with Crippen molar-refractivity contribution in [1.82, 2.24) is 0 Å². The van der Waals surface area contributed by atoms with Crippen LogP contribution in [0.5, 0.6) is 11.5 Å². The Labute approximate surface area is 96.1 Å². The fraction of sp³-hybridized carbons (Fsp3) is 0.385. The van der Waals surface area contributed by atoms with Crippen molar-refractivity contribution < 1.29 is 9.47 Å². The van der Waals surface area contributed by atoms with Crippen LogP contribution >= 0.6 is 0 Å². The molecular formula is C13H17NO2. The van der Waals surface area contributed by atoms with Gasteiger partial charge in [0.2, 0.25) is 6.79 Å². The number of rotatable bonds is 5. The number of allylic oxidation sites excluding steroid dienone is 1. The first-order chi connectivity index (χ1) is 7.79. The minimum Gasteiger partial charge on any atom is -0.454 e. The standard InChI is InChI=1S/C13H17NO2/c1-3-4-5-10(2)14-11-6-7-12-13(8-11)16-9-15-12/h3,6-8,10,14H,1,4-5,9H2,2H3. The molecule has 1 aliphatic rings. The topological polar surface area (TPSA) is 30.5 Å². The molecule has 0 amide bonds. The van der Waals surface area contributed by atoms with Crippen LogP contribution in [0.3, 0.4) is 0 Å². The van der Waals surface area contributed by atoms with Gasteiger partial charge in [-0.2, -0.15) is 0 Å². The van der Waals surface area contributed by atoms with Gasteiger partial charge in [0, 0.05) is 17.8 Å². The molecule has 86 valence electrons. The Morgan fingerprint density at radius 1 is 1.44 bits per heavy atom. The highest BCUT2D eigenvalue weighted by Crippen LogP contribution is 2.34. The lowest BCUT2D eigenvalue weighted by Crippen LogP contribution is -2.14. The highest BCUT2D eigenvalue weighted by molar-refractivity contribution is 5.55. The molecule has 0 fully saturated rings. The van der Waals surface area contributed by atoms with E-state index in [0.29, 0.717) is 12.8 Å². The molecule has 1 aliphatic heterocycles. The average Bonchev–Trinajstić information content (AvgIpc) is 2.73. The second kappa shape index (κ2) is 4.92. The van der Waals surface area contributed by atoms with Gasteiger partial charge in [-0.25, -0.2) is 0 Å². The molecule has 16 heavy (non-hydrogen) atoms. The Bertz CT molecular complexity index is 376. The van der Waals surface area contributed by atoms with Crippen molar-refractivity contribution in [3.8, 4) is 11.5 Å². The molecule has 1 aromatic carbocycles. The third-order valence-corrected chi connectivity index (χ3v) is 2.59. The average molecular weight is 219 g/mol. The molecule has 1 heterocycles. The number of hydrogen-bond acceptors (Lipinski definition) is 3. The first-order valence-electron chi connectivity index (χ1n) is 5.56. The predicted octanol–water partition coefficient (Wildman–Crippen LogP) is 3.18. The van der Waals surface area contributed by atoms with E-state index in [1.807, 2.05) is 24.3 Å². The van der Waals surface area contributed by atoms with Gasteiger partial charge in [0.1, 0.15) is 0 Å². The summed E-state index contributed by atoms with van der Waals surface area (Å²) in [6, 6.07) is 6.36. The highest BCUT2D eigenvalue weighted by atomic mass is 16.7. The van der Waals surface area contributed by atoms with Gasteiger partial charge in [-0.3, -0.25) is 0 Å². The molecule has 0 radical (unpaired) electrons. The Hall–Kier alpha value is -1.64. The van der Waals surface area contributed by atoms with Crippen molar-refractivity contribution in [1.29, 1.82) is 0 Å².